The lowest BCUT2D eigenvalue weighted by atomic mass is 9.86. The van der Waals surface area contributed by atoms with Crippen LogP contribution in [-0.4, -0.2) is 63.9 Å². The number of methoxy groups -OCH3 is 1. The van der Waals surface area contributed by atoms with Crippen molar-refractivity contribution >= 4 is 17.5 Å². The van der Waals surface area contributed by atoms with Crippen molar-refractivity contribution in [2.75, 3.05) is 13.7 Å². The number of aliphatic hydroxyl groups excluding tert-OH is 4. The van der Waals surface area contributed by atoms with Crippen molar-refractivity contribution in [2.45, 2.75) is 44.8 Å². The molecule has 2 aromatic rings. The lowest BCUT2D eigenvalue weighted by Crippen LogP contribution is -2.31. The van der Waals surface area contributed by atoms with Gasteiger partial charge in [-0.25, -0.2) is 4.79 Å². The number of cyclic esters (lactones) is 1. The second-order valence-electron chi connectivity index (χ2n) is 8.89. The van der Waals surface area contributed by atoms with Crippen molar-refractivity contribution in [2.24, 2.45) is 0 Å². The molecule has 0 saturated carbocycles. The topological polar surface area (TPSA) is 151 Å². The molecule has 0 fully saturated rings. The zero-order chi connectivity index (χ0) is 26.3. The number of esters is 1. The SMILES string of the molecule is COc1ccc(C(=O)CC(=O)c2ccc(C(C)(C)C)cc2)cc1.O=C1O[C@H]([C@@H](O)CO)C(O)=C1O. The Morgan fingerprint density at radius 2 is 1.46 bits per heavy atom. The molecule has 0 spiro atoms. The van der Waals surface area contributed by atoms with Crippen LogP contribution in [0.1, 0.15) is 53.5 Å². The summed E-state index contributed by atoms with van der Waals surface area (Å²) < 4.78 is 9.38. The molecule has 1 heterocycles. The van der Waals surface area contributed by atoms with E-state index in [0.29, 0.717) is 16.9 Å². The molecule has 1 aliphatic rings. The predicted molar refractivity (Wildman–Crippen MR) is 127 cm³/mol. The van der Waals surface area contributed by atoms with Crippen LogP contribution >= 0.6 is 0 Å². The number of ketones is 2. The van der Waals surface area contributed by atoms with Gasteiger partial charge in [-0.15, -0.1) is 0 Å². The first-order valence-electron chi connectivity index (χ1n) is 10.8. The number of benzene rings is 2. The van der Waals surface area contributed by atoms with Crippen LogP contribution in [0.25, 0.3) is 0 Å². The molecule has 3 rings (SSSR count). The van der Waals surface area contributed by atoms with Crippen LogP contribution in [0, 0.1) is 0 Å². The lowest BCUT2D eigenvalue weighted by molar-refractivity contribution is -0.147. The van der Waals surface area contributed by atoms with Crippen molar-refractivity contribution in [1.29, 1.82) is 0 Å². The fourth-order valence-electron chi connectivity index (χ4n) is 3.11. The van der Waals surface area contributed by atoms with Crippen molar-refractivity contribution < 1.29 is 44.3 Å². The normalized spacial score (nSPS) is 16.2. The van der Waals surface area contributed by atoms with Gasteiger partial charge in [-0.05, 0) is 35.2 Å². The number of rotatable bonds is 7. The maximum absolute atomic E-state index is 12.3. The zero-order valence-electron chi connectivity index (χ0n) is 20.0. The van der Waals surface area contributed by atoms with Gasteiger partial charge in [0, 0.05) is 11.1 Å². The molecule has 35 heavy (non-hydrogen) atoms. The van der Waals surface area contributed by atoms with Gasteiger partial charge in [-0.2, -0.15) is 0 Å². The molecule has 0 aliphatic carbocycles. The smallest absolute Gasteiger partial charge is 0.377 e. The summed E-state index contributed by atoms with van der Waals surface area (Å²) in [5.74, 6) is -2.44. The van der Waals surface area contributed by atoms with E-state index in [1.807, 2.05) is 12.1 Å². The van der Waals surface area contributed by atoms with Crippen LogP contribution in [-0.2, 0) is 14.9 Å². The average molecular weight is 487 g/mol. The van der Waals surface area contributed by atoms with Gasteiger partial charge in [0.25, 0.3) is 0 Å². The first-order valence-corrected chi connectivity index (χ1v) is 10.8. The summed E-state index contributed by atoms with van der Waals surface area (Å²) in [5, 5.41) is 35.0. The Labute approximate surface area is 203 Å². The molecule has 1 aliphatic heterocycles. The van der Waals surface area contributed by atoms with Crippen LogP contribution in [0.3, 0.4) is 0 Å². The van der Waals surface area contributed by atoms with Crippen LogP contribution in [0.4, 0.5) is 0 Å². The van der Waals surface area contributed by atoms with Gasteiger partial charge >= 0.3 is 5.97 Å². The minimum absolute atomic E-state index is 0.0422. The van der Waals surface area contributed by atoms with Gasteiger partial charge in [0.15, 0.2) is 23.4 Å². The minimum atomic E-state index is -1.42. The molecule has 0 radical (unpaired) electrons. The van der Waals surface area contributed by atoms with Crippen LogP contribution in [0.5, 0.6) is 5.75 Å². The molecular weight excluding hydrogens is 456 g/mol. The summed E-state index contributed by atoms with van der Waals surface area (Å²) >= 11 is 0. The fraction of sp³-hybridized carbons (Fsp3) is 0.346. The standard InChI is InChI=1S/C20H22O3.C6H8O6/c1-20(2,3)16-9-5-14(6-10-16)18(21)13-19(22)15-7-11-17(23-4)12-8-15;7-1-2(8)5-3(9)4(10)6(11)12-5/h5-12H,13H2,1-4H3;2,5,7-10H,1H2/t;2-,5+/m.0/s1. The summed E-state index contributed by atoms with van der Waals surface area (Å²) in [7, 11) is 1.57. The van der Waals surface area contributed by atoms with Gasteiger partial charge in [0.2, 0.25) is 5.76 Å². The number of carbonyl (C=O) groups excluding carboxylic acids is 3. The van der Waals surface area contributed by atoms with Crippen molar-refractivity contribution in [3.8, 4) is 5.75 Å². The third kappa shape index (κ3) is 7.14. The highest BCUT2D eigenvalue weighted by molar-refractivity contribution is 6.13. The minimum Gasteiger partial charge on any atom is -0.505 e. The third-order valence-electron chi connectivity index (χ3n) is 5.28. The summed E-state index contributed by atoms with van der Waals surface area (Å²) in [6.45, 7) is 5.69. The number of carbonyl (C=O) groups is 3. The van der Waals surface area contributed by atoms with E-state index in [2.05, 4.69) is 25.5 Å². The molecule has 2 aromatic carbocycles. The molecule has 0 aromatic heterocycles. The molecule has 4 N–H and O–H groups in total. The van der Waals surface area contributed by atoms with Gasteiger partial charge in [-0.1, -0.05) is 45.0 Å². The predicted octanol–water partition coefficient (Wildman–Crippen LogP) is 3.04. The van der Waals surface area contributed by atoms with E-state index in [1.165, 1.54) is 0 Å². The highest BCUT2D eigenvalue weighted by atomic mass is 16.6. The van der Waals surface area contributed by atoms with Gasteiger partial charge in [0.05, 0.1) is 20.1 Å². The quantitative estimate of drug-likeness (QED) is 0.263. The van der Waals surface area contributed by atoms with Crippen molar-refractivity contribution in [1.82, 2.24) is 0 Å². The Kier molecular flexibility index (Phi) is 9.16. The van der Waals surface area contributed by atoms with Crippen LogP contribution in [0.2, 0.25) is 0 Å². The van der Waals surface area contributed by atoms with Gasteiger partial charge in [0.1, 0.15) is 11.9 Å². The maximum atomic E-state index is 12.3. The second-order valence-corrected chi connectivity index (χ2v) is 8.89. The Morgan fingerprint density at radius 1 is 0.971 bits per heavy atom. The molecule has 0 unspecified atom stereocenters. The average Bonchev–Trinajstić information content (AvgIpc) is 3.10. The first-order chi connectivity index (χ1) is 16.4. The van der Waals surface area contributed by atoms with E-state index in [4.69, 9.17) is 25.2 Å². The number of ether oxygens (including phenoxy) is 2. The molecule has 188 valence electrons. The molecule has 0 bridgehead atoms. The van der Waals surface area contributed by atoms with E-state index in [1.54, 1.807) is 43.5 Å². The Morgan fingerprint density at radius 3 is 1.83 bits per heavy atom. The lowest BCUT2D eigenvalue weighted by Gasteiger charge is -2.18. The molecule has 9 nitrogen and oxygen atoms in total. The highest BCUT2D eigenvalue weighted by Gasteiger charge is 2.38. The molecule has 9 heteroatoms. The first kappa shape index (κ1) is 27.6. The van der Waals surface area contributed by atoms with E-state index < -0.39 is 36.3 Å². The Hall–Kier alpha value is -3.69. The maximum Gasteiger partial charge on any atom is 0.377 e. The summed E-state index contributed by atoms with van der Waals surface area (Å²) in [4.78, 5) is 35.0. The molecular formula is C26H30O9. The third-order valence-corrected chi connectivity index (χ3v) is 5.28. The summed E-state index contributed by atoms with van der Waals surface area (Å²) in [6.07, 6.45) is -2.90. The van der Waals surface area contributed by atoms with Crippen LogP contribution in [0.15, 0.2) is 60.0 Å². The summed E-state index contributed by atoms with van der Waals surface area (Å²) in [5.41, 5.74) is 2.29. The number of Topliss-reactive ketones (excluding diaryl/α,β-unsaturated/α-hetero) is 2. The largest absolute Gasteiger partial charge is 0.505 e. The van der Waals surface area contributed by atoms with E-state index in [9.17, 15) is 14.4 Å². The monoisotopic (exact) mass is 486 g/mol. The molecule has 2 atom stereocenters. The second kappa shape index (κ2) is 11.6. The summed E-state index contributed by atoms with van der Waals surface area (Å²) in [6, 6.07) is 14.3. The zero-order valence-corrected chi connectivity index (χ0v) is 20.0. The number of hydrogen-bond acceptors (Lipinski definition) is 9. The van der Waals surface area contributed by atoms with Crippen molar-refractivity contribution in [3.05, 3.63) is 76.7 Å². The van der Waals surface area contributed by atoms with Gasteiger partial charge in [-0.3, -0.25) is 9.59 Å². The molecule has 0 amide bonds. The van der Waals surface area contributed by atoms with E-state index in [0.717, 1.165) is 5.56 Å². The van der Waals surface area contributed by atoms with Crippen LogP contribution < -0.4 is 4.74 Å². The van der Waals surface area contributed by atoms with Gasteiger partial charge < -0.3 is 29.9 Å². The highest BCUT2D eigenvalue weighted by Crippen LogP contribution is 2.23. The Balaban J connectivity index is 0.000000303. The number of hydrogen-bond donors (Lipinski definition) is 4. The van der Waals surface area contributed by atoms with E-state index in [-0.39, 0.29) is 23.4 Å². The molecule has 0 saturated heterocycles. The Bertz CT molecular complexity index is 1080. The fourth-order valence-corrected chi connectivity index (χ4v) is 3.11. The number of aliphatic hydroxyl groups is 4. The van der Waals surface area contributed by atoms with Crippen molar-refractivity contribution in [3.63, 3.8) is 0 Å². The van der Waals surface area contributed by atoms with E-state index >= 15 is 0 Å².